The number of halogens is 1. The summed E-state index contributed by atoms with van der Waals surface area (Å²) in [5, 5.41) is 9.72. The van der Waals surface area contributed by atoms with E-state index >= 15 is 0 Å². The van der Waals surface area contributed by atoms with Crippen molar-refractivity contribution in [2.45, 2.75) is 33.7 Å². The van der Waals surface area contributed by atoms with Gasteiger partial charge in [0.15, 0.2) is 0 Å². The molecule has 0 radical (unpaired) electrons. The Bertz CT molecular complexity index is 473. The third kappa shape index (κ3) is 3.77. The Morgan fingerprint density at radius 2 is 1.95 bits per heavy atom. The molecule has 1 rings (SSSR count). The molecule has 0 atom stereocenters. The van der Waals surface area contributed by atoms with Crippen molar-refractivity contribution in [3.8, 4) is 0 Å². The van der Waals surface area contributed by atoms with Gasteiger partial charge in [-0.15, -0.1) is 0 Å². The maximum absolute atomic E-state index is 11.4. The number of nitrogen functional groups attached to an aromatic ring is 1. The van der Waals surface area contributed by atoms with E-state index in [1.807, 2.05) is 18.7 Å². The summed E-state index contributed by atoms with van der Waals surface area (Å²) in [5.41, 5.74) is 6.74. The molecule has 0 bridgehead atoms. The highest BCUT2D eigenvalue weighted by atomic mass is 35.5. The molecule has 3 N–H and O–H groups in total. The van der Waals surface area contributed by atoms with Crippen LogP contribution >= 0.6 is 11.6 Å². The second kappa shape index (κ2) is 6.15. The Kier molecular flexibility index (Phi) is 5.06. The summed E-state index contributed by atoms with van der Waals surface area (Å²) in [6.45, 7) is 8.94. The summed E-state index contributed by atoms with van der Waals surface area (Å²) in [6, 6.07) is 3.21. The molecule has 1 aromatic carbocycles. The number of anilines is 2. The Morgan fingerprint density at radius 3 is 2.37 bits per heavy atom. The fourth-order valence-electron chi connectivity index (χ4n) is 2.03. The van der Waals surface area contributed by atoms with Crippen LogP contribution in [0.3, 0.4) is 0 Å². The molecule has 0 saturated heterocycles. The Hall–Kier alpha value is -1.42. The number of nitrogens with zero attached hydrogens (tertiary/aromatic N) is 1. The van der Waals surface area contributed by atoms with Gasteiger partial charge in [0.2, 0.25) is 0 Å². The Morgan fingerprint density at radius 1 is 1.37 bits per heavy atom. The molecule has 0 aliphatic heterocycles. The van der Waals surface area contributed by atoms with Gasteiger partial charge in [-0.05, 0) is 31.9 Å². The zero-order chi connectivity index (χ0) is 14.7. The molecule has 0 saturated carbocycles. The zero-order valence-electron chi connectivity index (χ0n) is 11.8. The average molecular weight is 285 g/mol. The minimum Gasteiger partial charge on any atom is -0.478 e. The van der Waals surface area contributed by atoms with Crippen LogP contribution in [0, 0.1) is 5.92 Å². The first kappa shape index (κ1) is 15.6. The second-order valence-electron chi connectivity index (χ2n) is 5.34. The van der Waals surface area contributed by atoms with Crippen molar-refractivity contribution in [3.63, 3.8) is 0 Å². The van der Waals surface area contributed by atoms with E-state index < -0.39 is 5.97 Å². The van der Waals surface area contributed by atoms with E-state index in [0.717, 1.165) is 6.54 Å². The van der Waals surface area contributed by atoms with Gasteiger partial charge in [-0.25, -0.2) is 4.79 Å². The number of nitrogens with two attached hydrogens (primary N) is 1. The van der Waals surface area contributed by atoms with Crippen LogP contribution in [0.15, 0.2) is 12.1 Å². The molecule has 0 heterocycles. The van der Waals surface area contributed by atoms with Crippen LogP contribution in [0.5, 0.6) is 0 Å². The number of aromatic carboxylic acids is 1. The normalized spacial score (nSPS) is 11.1. The van der Waals surface area contributed by atoms with Crippen LogP contribution < -0.4 is 10.6 Å². The van der Waals surface area contributed by atoms with Gasteiger partial charge in [-0.3, -0.25) is 0 Å². The molecule has 0 spiro atoms. The smallest absolute Gasteiger partial charge is 0.337 e. The van der Waals surface area contributed by atoms with Crippen molar-refractivity contribution >= 4 is 28.9 Å². The minimum absolute atomic E-state index is 0.152. The Balaban J connectivity index is 3.40. The van der Waals surface area contributed by atoms with E-state index in [2.05, 4.69) is 13.8 Å². The molecule has 1 aromatic rings. The number of hydrogen-bond donors (Lipinski definition) is 2. The van der Waals surface area contributed by atoms with Crippen molar-refractivity contribution in [1.29, 1.82) is 0 Å². The molecule has 5 heteroatoms. The molecule has 0 unspecified atom stereocenters. The molecule has 106 valence electrons. The van der Waals surface area contributed by atoms with Crippen LogP contribution in [0.25, 0.3) is 0 Å². The van der Waals surface area contributed by atoms with Gasteiger partial charge in [-0.1, -0.05) is 25.4 Å². The van der Waals surface area contributed by atoms with E-state index in [4.69, 9.17) is 17.3 Å². The van der Waals surface area contributed by atoms with E-state index in [0.29, 0.717) is 22.3 Å². The van der Waals surface area contributed by atoms with Gasteiger partial charge in [0.25, 0.3) is 0 Å². The first-order valence-corrected chi connectivity index (χ1v) is 6.70. The summed E-state index contributed by atoms with van der Waals surface area (Å²) in [4.78, 5) is 13.4. The molecule has 4 nitrogen and oxygen atoms in total. The lowest BCUT2D eigenvalue weighted by Crippen LogP contribution is -2.35. The van der Waals surface area contributed by atoms with Crippen molar-refractivity contribution in [2.75, 3.05) is 17.2 Å². The number of carboxylic acids is 1. The summed E-state index contributed by atoms with van der Waals surface area (Å²) >= 11 is 6.22. The van der Waals surface area contributed by atoms with Gasteiger partial charge in [0.1, 0.15) is 0 Å². The van der Waals surface area contributed by atoms with Crippen molar-refractivity contribution < 1.29 is 9.90 Å². The lowest BCUT2D eigenvalue weighted by Gasteiger charge is -2.32. The number of carboxylic acid groups (broad SMARTS) is 1. The maximum atomic E-state index is 11.4. The lowest BCUT2D eigenvalue weighted by atomic mass is 10.1. The average Bonchev–Trinajstić information content (AvgIpc) is 2.24. The van der Waals surface area contributed by atoms with Crippen LogP contribution in [-0.2, 0) is 0 Å². The highest BCUT2D eigenvalue weighted by molar-refractivity contribution is 6.34. The Labute approximate surface area is 119 Å². The third-order valence-corrected chi connectivity index (χ3v) is 3.08. The number of benzene rings is 1. The molecule has 0 fully saturated rings. The predicted octanol–water partition coefficient (Wildman–Crippen LogP) is 3.49. The molecule has 0 amide bonds. The molecule has 0 aliphatic carbocycles. The number of hydrogen-bond acceptors (Lipinski definition) is 3. The van der Waals surface area contributed by atoms with Gasteiger partial charge in [0.05, 0.1) is 16.3 Å². The van der Waals surface area contributed by atoms with E-state index in [9.17, 15) is 9.90 Å². The topological polar surface area (TPSA) is 66.6 Å². The van der Waals surface area contributed by atoms with Crippen molar-refractivity contribution in [1.82, 2.24) is 0 Å². The quantitative estimate of drug-likeness (QED) is 0.812. The summed E-state index contributed by atoms with van der Waals surface area (Å²) in [6.07, 6.45) is 0. The summed E-state index contributed by atoms with van der Waals surface area (Å²) in [5.74, 6) is -0.615. The van der Waals surface area contributed by atoms with Crippen LogP contribution in [0.2, 0.25) is 5.02 Å². The van der Waals surface area contributed by atoms with Crippen LogP contribution in [-0.4, -0.2) is 23.7 Å². The predicted molar refractivity (Wildman–Crippen MR) is 80.1 cm³/mol. The molecular weight excluding hydrogens is 264 g/mol. The monoisotopic (exact) mass is 284 g/mol. The number of rotatable bonds is 5. The SMILES string of the molecule is CC(C)CN(c1c(Cl)cc(N)cc1C(=O)O)C(C)C. The fraction of sp³-hybridized carbons (Fsp3) is 0.500. The zero-order valence-corrected chi connectivity index (χ0v) is 12.5. The van der Waals surface area contributed by atoms with Crippen LogP contribution in [0.1, 0.15) is 38.1 Å². The third-order valence-electron chi connectivity index (χ3n) is 2.79. The standard InChI is InChI=1S/C14H21ClN2O2/c1-8(2)7-17(9(3)4)13-11(14(18)19)5-10(16)6-12(13)15/h5-6,8-9H,7,16H2,1-4H3,(H,18,19). The van der Waals surface area contributed by atoms with E-state index in [1.54, 1.807) is 6.07 Å². The van der Waals surface area contributed by atoms with E-state index in [1.165, 1.54) is 6.07 Å². The highest BCUT2D eigenvalue weighted by Gasteiger charge is 2.22. The van der Waals surface area contributed by atoms with Gasteiger partial charge in [-0.2, -0.15) is 0 Å². The summed E-state index contributed by atoms with van der Waals surface area (Å²) < 4.78 is 0. The first-order valence-electron chi connectivity index (χ1n) is 6.33. The maximum Gasteiger partial charge on any atom is 0.337 e. The van der Waals surface area contributed by atoms with Crippen molar-refractivity contribution in [2.24, 2.45) is 5.92 Å². The lowest BCUT2D eigenvalue weighted by molar-refractivity contribution is 0.0697. The molecule has 0 aromatic heterocycles. The molecular formula is C14H21ClN2O2. The van der Waals surface area contributed by atoms with E-state index in [-0.39, 0.29) is 11.6 Å². The van der Waals surface area contributed by atoms with Crippen molar-refractivity contribution in [3.05, 3.63) is 22.7 Å². The van der Waals surface area contributed by atoms with Gasteiger partial charge in [0, 0.05) is 18.3 Å². The van der Waals surface area contributed by atoms with Gasteiger partial charge < -0.3 is 15.7 Å². The highest BCUT2D eigenvalue weighted by Crippen LogP contribution is 2.34. The number of carbonyl (C=O) groups is 1. The minimum atomic E-state index is -1.02. The molecule has 19 heavy (non-hydrogen) atoms. The largest absolute Gasteiger partial charge is 0.478 e. The first-order chi connectivity index (χ1) is 8.73. The molecule has 0 aliphatic rings. The van der Waals surface area contributed by atoms with Crippen LogP contribution in [0.4, 0.5) is 11.4 Å². The second-order valence-corrected chi connectivity index (χ2v) is 5.75. The van der Waals surface area contributed by atoms with Gasteiger partial charge >= 0.3 is 5.97 Å². The summed E-state index contributed by atoms with van der Waals surface area (Å²) in [7, 11) is 0. The fourth-order valence-corrected chi connectivity index (χ4v) is 2.37.